The number of nitro groups is 1. The first kappa shape index (κ1) is 21.9. The molecular formula is C17H18N5O3Y-. The maximum atomic E-state index is 11.3. The van der Waals surface area contributed by atoms with Crippen molar-refractivity contribution in [2.24, 2.45) is 10.2 Å². The smallest absolute Gasteiger partial charge is 0.297 e. The first-order chi connectivity index (χ1) is 11.8. The average molecular weight is 429 g/mol. The number of amides is 1. The summed E-state index contributed by atoms with van der Waals surface area (Å²) in [4.78, 5) is 23.3. The molecule has 0 spiro atoms. The molecule has 0 fully saturated rings. The van der Waals surface area contributed by atoms with Crippen molar-refractivity contribution in [3.05, 3.63) is 51.6 Å². The Bertz CT molecular complexity index is 853. The second kappa shape index (κ2) is 9.49. The maximum absolute atomic E-state index is 11.3. The van der Waals surface area contributed by atoms with Crippen molar-refractivity contribution in [1.29, 1.82) is 0 Å². The molecule has 2 rings (SSSR count). The monoisotopic (exact) mass is 429 g/mol. The first-order valence-corrected chi connectivity index (χ1v) is 7.45. The first-order valence-electron chi connectivity index (χ1n) is 7.45. The van der Waals surface area contributed by atoms with Crippen LogP contribution in [0.2, 0.25) is 0 Å². The van der Waals surface area contributed by atoms with Gasteiger partial charge >= 0.3 is 0 Å². The van der Waals surface area contributed by atoms with Crippen LogP contribution in [0.3, 0.4) is 0 Å². The van der Waals surface area contributed by atoms with Gasteiger partial charge in [-0.3, -0.25) is 10.1 Å². The van der Waals surface area contributed by atoms with Crippen LogP contribution in [0.25, 0.3) is 0 Å². The van der Waals surface area contributed by atoms with Crippen molar-refractivity contribution in [3.8, 4) is 0 Å². The van der Waals surface area contributed by atoms with E-state index >= 15 is 0 Å². The summed E-state index contributed by atoms with van der Waals surface area (Å²) in [7, 11) is 3.73. The number of benzene rings is 2. The molecule has 0 aliphatic carbocycles. The molecule has 2 aromatic carbocycles. The zero-order chi connectivity index (χ0) is 18.6. The minimum atomic E-state index is -0.484. The minimum Gasteiger partial charge on any atom is -0.488 e. The SMILES string of the molecule is Cc1cc(C)c(N=Nc2ccc(N(C)C)cc2N[C-]=O)c([N+](=O)[O-])c1.[Y]. The molecule has 0 saturated heterocycles. The molecule has 2 aromatic rings. The average Bonchev–Trinajstić information content (AvgIpc) is 2.54. The van der Waals surface area contributed by atoms with Crippen molar-refractivity contribution in [2.75, 3.05) is 24.3 Å². The predicted octanol–water partition coefficient (Wildman–Crippen LogP) is 4.17. The van der Waals surface area contributed by atoms with Crippen LogP contribution in [0.1, 0.15) is 11.1 Å². The third-order valence-corrected chi connectivity index (χ3v) is 3.56. The third-order valence-electron chi connectivity index (χ3n) is 3.56. The molecule has 1 N–H and O–H groups in total. The van der Waals surface area contributed by atoms with Crippen LogP contribution in [0.5, 0.6) is 0 Å². The van der Waals surface area contributed by atoms with Crippen molar-refractivity contribution >= 4 is 34.8 Å². The molecule has 26 heavy (non-hydrogen) atoms. The molecule has 1 radical (unpaired) electrons. The van der Waals surface area contributed by atoms with Crippen molar-refractivity contribution in [2.45, 2.75) is 13.8 Å². The summed E-state index contributed by atoms with van der Waals surface area (Å²) in [5.74, 6) is 0. The van der Waals surface area contributed by atoms with E-state index in [1.807, 2.05) is 19.0 Å². The Hall–Kier alpha value is -2.19. The number of hydrogen-bond donors (Lipinski definition) is 1. The number of nitro benzene ring substituents is 1. The molecule has 0 heterocycles. The largest absolute Gasteiger partial charge is 0.488 e. The summed E-state index contributed by atoms with van der Waals surface area (Å²) in [6.45, 7) is 3.52. The van der Waals surface area contributed by atoms with Gasteiger partial charge in [0.1, 0.15) is 0 Å². The summed E-state index contributed by atoms with van der Waals surface area (Å²) in [5.41, 5.74) is 3.15. The summed E-state index contributed by atoms with van der Waals surface area (Å²) in [6.07, 6.45) is 1.61. The zero-order valence-corrected chi connectivity index (χ0v) is 17.8. The van der Waals surface area contributed by atoms with Gasteiger partial charge in [-0.25, -0.2) is 0 Å². The fourth-order valence-corrected chi connectivity index (χ4v) is 2.36. The molecule has 0 aliphatic rings. The summed E-state index contributed by atoms with van der Waals surface area (Å²) in [5, 5.41) is 21.9. The van der Waals surface area contributed by atoms with E-state index in [0.29, 0.717) is 16.9 Å². The molecule has 0 aromatic heterocycles. The van der Waals surface area contributed by atoms with Crippen LogP contribution in [0, 0.1) is 24.0 Å². The van der Waals surface area contributed by atoms with E-state index in [1.165, 1.54) is 6.07 Å². The van der Waals surface area contributed by atoms with E-state index in [0.717, 1.165) is 11.3 Å². The Labute approximate surface area is 176 Å². The molecule has 8 nitrogen and oxygen atoms in total. The summed E-state index contributed by atoms with van der Waals surface area (Å²) in [6, 6.07) is 8.45. The van der Waals surface area contributed by atoms with E-state index in [1.54, 1.807) is 44.5 Å². The van der Waals surface area contributed by atoms with Gasteiger partial charge in [-0.2, -0.15) is 5.11 Å². The Morgan fingerprint density at radius 1 is 1.15 bits per heavy atom. The van der Waals surface area contributed by atoms with Gasteiger partial charge in [-0.15, -0.1) is 5.11 Å². The molecular weight excluding hydrogens is 411 g/mol. The van der Waals surface area contributed by atoms with Crippen LogP contribution in [-0.4, -0.2) is 25.4 Å². The van der Waals surface area contributed by atoms with Gasteiger partial charge in [0, 0.05) is 64.2 Å². The number of hydrogen-bond acceptors (Lipinski definition) is 6. The maximum Gasteiger partial charge on any atom is 0.297 e. The van der Waals surface area contributed by atoms with Gasteiger partial charge in [0.05, 0.1) is 11.3 Å². The quantitative estimate of drug-likeness (QED) is 0.245. The van der Waals surface area contributed by atoms with Gasteiger partial charge in [-0.05, 0) is 37.1 Å². The number of anilines is 2. The van der Waals surface area contributed by atoms with Crippen LogP contribution in [-0.2, 0) is 37.5 Å². The van der Waals surface area contributed by atoms with Gasteiger partial charge in [0.25, 0.3) is 5.69 Å². The molecule has 0 saturated carbocycles. The number of aryl methyl sites for hydroxylation is 2. The van der Waals surface area contributed by atoms with Crippen LogP contribution >= 0.6 is 0 Å². The Morgan fingerprint density at radius 3 is 2.42 bits per heavy atom. The van der Waals surface area contributed by atoms with Crippen LogP contribution in [0.15, 0.2) is 40.6 Å². The zero-order valence-electron chi connectivity index (χ0n) is 15.0. The Kier molecular flexibility index (Phi) is 7.98. The predicted molar refractivity (Wildman–Crippen MR) is 96.8 cm³/mol. The molecule has 1 amide bonds. The van der Waals surface area contributed by atoms with Crippen LogP contribution < -0.4 is 10.2 Å². The fourth-order valence-electron chi connectivity index (χ4n) is 2.36. The number of azo groups is 1. The minimum absolute atomic E-state index is 0. The second-order valence-corrected chi connectivity index (χ2v) is 5.73. The molecule has 0 atom stereocenters. The molecule has 0 unspecified atom stereocenters. The Morgan fingerprint density at radius 2 is 1.85 bits per heavy atom. The number of carbonyl (C=O) groups excluding carboxylic acids is 1. The topological polar surface area (TPSA) is 100 Å². The van der Waals surface area contributed by atoms with Crippen molar-refractivity contribution in [1.82, 2.24) is 0 Å². The number of rotatable bonds is 6. The van der Waals surface area contributed by atoms with E-state index in [4.69, 9.17) is 0 Å². The van der Waals surface area contributed by atoms with Crippen molar-refractivity contribution in [3.63, 3.8) is 0 Å². The fraction of sp³-hybridized carbons (Fsp3) is 0.235. The standard InChI is InChI=1S/C17H18N5O3.Y/c1-11-7-12(2)17(16(8-11)22(24)25)20-19-14-6-5-13(21(3)4)9-15(14)18-10-23;/h5-9H,1-4H3,(H,18,23);/q-1;. The van der Waals surface area contributed by atoms with E-state index in [9.17, 15) is 14.9 Å². The molecule has 0 aliphatic heterocycles. The van der Waals surface area contributed by atoms with E-state index in [2.05, 4.69) is 15.5 Å². The van der Waals surface area contributed by atoms with Crippen molar-refractivity contribution < 1.29 is 42.4 Å². The van der Waals surface area contributed by atoms with Crippen LogP contribution in [0.4, 0.5) is 28.4 Å². The molecule has 0 bridgehead atoms. The molecule has 133 valence electrons. The third kappa shape index (κ3) is 5.16. The van der Waals surface area contributed by atoms with E-state index in [-0.39, 0.29) is 44.1 Å². The van der Waals surface area contributed by atoms with E-state index < -0.39 is 4.92 Å². The summed E-state index contributed by atoms with van der Waals surface area (Å²) < 4.78 is 0. The number of nitrogens with zero attached hydrogens (tertiary/aromatic N) is 4. The Balaban J connectivity index is 0.00000338. The number of nitrogens with one attached hydrogen (secondary N) is 1. The van der Waals surface area contributed by atoms with Gasteiger partial charge in [0.15, 0.2) is 5.69 Å². The molecule has 9 heteroatoms. The normalized spacial score (nSPS) is 10.3. The van der Waals surface area contributed by atoms with Gasteiger partial charge in [-0.1, -0.05) is 17.8 Å². The second-order valence-electron chi connectivity index (χ2n) is 5.73. The van der Waals surface area contributed by atoms with Gasteiger partial charge < -0.3 is 15.0 Å². The summed E-state index contributed by atoms with van der Waals surface area (Å²) >= 11 is 0. The van der Waals surface area contributed by atoms with Gasteiger partial charge in [0.2, 0.25) is 0 Å².